The molecule has 21 heavy (non-hydrogen) atoms. The first-order chi connectivity index (χ1) is 9.96. The minimum Gasteiger partial charge on any atom is -0.496 e. The van der Waals surface area contributed by atoms with E-state index in [1.54, 1.807) is 14.2 Å². The van der Waals surface area contributed by atoms with Gasteiger partial charge in [0.05, 0.1) is 23.5 Å². The van der Waals surface area contributed by atoms with Gasteiger partial charge in [-0.15, -0.1) is 0 Å². The molecule has 0 fully saturated rings. The molecule has 0 aromatic heterocycles. The summed E-state index contributed by atoms with van der Waals surface area (Å²) >= 11 is 14.3. The molecular weight excluding hydrogens is 532 g/mol. The average molecular weight is 544 g/mol. The van der Waals surface area contributed by atoms with Gasteiger partial charge >= 0.3 is 0 Å². The first kappa shape index (κ1) is 17.3. The number of hydrogen-bond donors (Lipinski definition) is 0. The molecule has 0 saturated heterocycles. The van der Waals surface area contributed by atoms with Gasteiger partial charge in [-0.25, -0.2) is 0 Å². The minimum absolute atomic E-state index is 0.0109. The van der Waals surface area contributed by atoms with Crippen molar-refractivity contribution in [2.75, 3.05) is 14.2 Å². The number of halogens is 4. The summed E-state index contributed by atoms with van der Waals surface area (Å²) in [6.45, 7) is 0. The Bertz CT molecular complexity index is 638. The Labute approximate surface area is 157 Å². The summed E-state index contributed by atoms with van der Waals surface area (Å²) < 4.78 is 13.8. The Morgan fingerprint density at radius 2 is 1.38 bits per heavy atom. The standard InChI is InChI=1S/C15H12Br4O2/c1-20-13-7-12(18)14(21-2)6-11(13)15(19)8-3-9(16)5-10(17)4-8/h3-7,15H,1-2H3. The Morgan fingerprint density at radius 1 is 0.810 bits per heavy atom. The fraction of sp³-hybridized carbons (Fsp3) is 0.200. The number of alkyl halides is 1. The van der Waals surface area contributed by atoms with Gasteiger partial charge in [0.25, 0.3) is 0 Å². The van der Waals surface area contributed by atoms with Gasteiger partial charge in [0.15, 0.2) is 0 Å². The van der Waals surface area contributed by atoms with Crippen molar-refractivity contribution in [1.29, 1.82) is 0 Å². The summed E-state index contributed by atoms with van der Waals surface area (Å²) in [5, 5.41) is 0. The van der Waals surface area contributed by atoms with E-state index in [0.29, 0.717) is 0 Å². The van der Waals surface area contributed by atoms with Crippen LogP contribution in [-0.4, -0.2) is 14.2 Å². The fourth-order valence-corrected chi connectivity index (χ4v) is 4.42. The first-order valence-corrected chi connectivity index (χ1v) is 9.27. The molecule has 0 heterocycles. The van der Waals surface area contributed by atoms with Gasteiger partial charge in [-0.2, -0.15) is 0 Å². The Hall–Kier alpha value is -0.0400. The van der Waals surface area contributed by atoms with E-state index in [9.17, 15) is 0 Å². The number of ether oxygens (including phenoxy) is 2. The van der Waals surface area contributed by atoms with E-state index in [0.717, 1.165) is 36.0 Å². The zero-order chi connectivity index (χ0) is 15.6. The third-order valence-electron chi connectivity index (χ3n) is 2.95. The lowest BCUT2D eigenvalue weighted by Crippen LogP contribution is -1.99. The lowest BCUT2D eigenvalue weighted by atomic mass is 10.0. The molecule has 0 saturated carbocycles. The lowest BCUT2D eigenvalue weighted by molar-refractivity contribution is 0.397. The highest BCUT2D eigenvalue weighted by Crippen LogP contribution is 2.42. The molecule has 0 aliphatic carbocycles. The number of rotatable bonds is 4. The molecular formula is C15H12Br4O2. The summed E-state index contributed by atoms with van der Waals surface area (Å²) in [6, 6.07) is 10.0. The van der Waals surface area contributed by atoms with Crippen molar-refractivity contribution in [2.24, 2.45) is 0 Å². The van der Waals surface area contributed by atoms with Crippen LogP contribution in [0, 0.1) is 0 Å². The van der Waals surface area contributed by atoms with E-state index >= 15 is 0 Å². The van der Waals surface area contributed by atoms with Crippen LogP contribution in [-0.2, 0) is 0 Å². The summed E-state index contributed by atoms with van der Waals surface area (Å²) in [6.07, 6.45) is 0. The van der Waals surface area contributed by atoms with Crippen molar-refractivity contribution in [3.05, 3.63) is 54.9 Å². The molecule has 1 atom stereocenters. The molecule has 2 rings (SSSR count). The van der Waals surface area contributed by atoms with E-state index < -0.39 is 0 Å². The van der Waals surface area contributed by atoms with Crippen LogP contribution in [0.4, 0.5) is 0 Å². The van der Waals surface area contributed by atoms with Crippen LogP contribution in [0.2, 0.25) is 0 Å². The molecule has 0 N–H and O–H groups in total. The van der Waals surface area contributed by atoms with Crippen LogP contribution in [0.15, 0.2) is 43.7 Å². The topological polar surface area (TPSA) is 18.5 Å². The second-order valence-electron chi connectivity index (χ2n) is 4.29. The maximum atomic E-state index is 5.49. The largest absolute Gasteiger partial charge is 0.496 e. The molecule has 0 spiro atoms. The highest BCUT2D eigenvalue weighted by Gasteiger charge is 2.19. The molecule has 112 valence electrons. The van der Waals surface area contributed by atoms with Crippen molar-refractivity contribution in [2.45, 2.75) is 4.83 Å². The Morgan fingerprint density at radius 3 is 1.90 bits per heavy atom. The van der Waals surface area contributed by atoms with Crippen molar-refractivity contribution < 1.29 is 9.47 Å². The van der Waals surface area contributed by atoms with E-state index in [1.165, 1.54) is 0 Å². The van der Waals surface area contributed by atoms with Gasteiger partial charge in [-0.05, 0) is 51.8 Å². The molecule has 0 amide bonds. The molecule has 6 heteroatoms. The normalized spacial score (nSPS) is 12.1. The quantitative estimate of drug-likeness (QED) is 0.411. The summed E-state index contributed by atoms with van der Waals surface area (Å²) in [5.41, 5.74) is 2.11. The highest BCUT2D eigenvalue weighted by atomic mass is 79.9. The fourth-order valence-electron chi connectivity index (χ4n) is 1.98. The molecule has 2 aromatic rings. The van der Waals surface area contributed by atoms with Crippen LogP contribution in [0.3, 0.4) is 0 Å². The van der Waals surface area contributed by atoms with Crippen LogP contribution >= 0.6 is 63.7 Å². The van der Waals surface area contributed by atoms with Crippen LogP contribution in [0.1, 0.15) is 16.0 Å². The third-order valence-corrected chi connectivity index (χ3v) is 5.51. The minimum atomic E-state index is -0.0109. The van der Waals surface area contributed by atoms with Crippen LogP contribution < -0.4 is 9.47 Å². The molecule has 2 aromatic carbocycles. The van der Waals surface area contributed by atoms with Gasteiger partial charge in [-0.1, -0.05) is 47.8 Å². The van der Waals surface area contributed by atoms with Crippen LogP contribution in [0.5, 0.6) is 11.5 Å². The molecule has 0 aliphatic heterocycles. The van der Waals surface area contributed by atoms with Crippen LogP contribution in [0.25, 0.3) is 0 Å². The van der Waals surface area contributed by atoms with Crippen molar-refractivity contribution in [3.63, 3.8) is 0 Å². The van der Waals surface area contributed by atoms with Crippen molar-refractivity contribution >= 4 is 63.7 Å². The molecule has 0 bridgehead atoms. The zero-order valence-corrected chi connectivity index (χ0v) is 17.6. The Kier molecular flexibility index (Phi) is 6.17. The van der Waals surface area contributed by atoms with Crippen molar-refractivity contribution in [1.82, 2.24) is 0 Å². The van der Waals surface area contributed by atoms with Gasteiger partial charge in [-0.3, -0.25) is 0 Å². The molecule has 0 radical (unpaired) electrons. The molecule has 2 nitrogen and oxygen atoms in total. The monoisotopic (exact) mass is 540 g/mol. The van der Waals surface area contributed by atoms with Gasteiger partial charge in [0.1, 0.15) is 11.5 Å². The van der Waals surface area contributed by atoms with E-state index in [-0.39, 0.29) is 4.83 Å². The Balaban J connectivity index is 2.53. The average Bonchev–Trinajstić information content (AvgIpc) is 2.45. The number of hydrogen-bond acceptors (Lipinski definition) is 2. The van der Waals surface area contributed by atoms with Gasteiger partial charge < -0.3 is 9.47 Å². The lowest BCUT2D eigenvalue weighted by Gasteiger charge is -2.17. The predicted molar refractivity (Wildman–Crippen MR) is 99.9 cm³/mol. The van der Waals surface area contributed by atoms with Gasteiger partial charge in [0.2, 0.25) is 0 Å². The smallest absolute Gasteiger partial charge is 0.133 e. The maximum absolute atomic E-state index is 5.49. The second kappa shape index (κ2) is 7.49. The van der Waals surface area contributed by atoms with E-state index in [2.05, 4.69) is 75.9 Å². The predicted octanol–water partition coefficient (Wildman–Crippen LogP) is 6.48. The van der Waals surface area contributed by atoms with E-state index in [4.69, 9.17) is 9.47 Å². The second-order valence-corrected chi connectivity index (χ2v) is 7.90. The highest BCUT2D eigenvalue weighted by molar-refractivity contribution is 9.11. The SMILES string of the molecule is COc1cc(C(Br)c2cc(Br)cc(Br)c2)c(OC)cc1Br. The summed E-state index contributed by atoms with van der Waals surface area (Å²) in [4.78, 5) is -0.0109. The number of methoxy groups -OCH3 is 2. The van der Waals surface area contributed by atoms with E-state index in [1.807, 2.05) is 18.2 Å². The maximum Gasteiger partial charge on any atom is 0.133 e. The summed E-state index contributed by atoms with van der Waals surface area (Å²) in [7, 11) is 3.31. The number of benzene rings is 2. The third kappa shape index (κ3) is 4.03. The first-order valence-electron chi connectivity index (χ1n) is 5.97. The molecule has 1 unspecified atom stereocenters. The molecule has 0 aliphatic rings. The van der Waals surface area contributed by atoms with Gasteiger partial charge in [0, 0.05) is 14.5 Å². The summed E-state index contributed by atoms with van der Waals surface area (Å²) in [5.74, 6) is 1.56. The zero-order valence-electron chi connectivity index (χ0n) is 11.3. The van der Waals surface area contributed by atoms with Crippen molar-refractivity contribution in [3.8, 4) is 11.5 Å².